The van der Waals surface area contributed by atoms with E-state index >= 15 is 0 Å². The van der Waals surface area contributed by atoms with Gasteiger partial charge >= 0.3 is 5.97 Å². The van der Waals surface area contributed by atoms with Gasteiger partial charge in [0.1, 0.15) is 5.75 Å². The number of aryl methyl sites for hydroxylation is 1. The van der Waals surface area contributed by atoms with Gasteiger partial charge in [0.05, 0.1) is 17.2 Å². The first-order valence-corrected chi connectivity index (χ1v) is 7.38. The quantitative estimate of drug-likeness (QED) is 0.830. The summed E-state index contributed by atoms with van der Waals surface area (Å²) in [5, 5.41) is 12.8. The van der Waals surface area contributed by atoms with Crippen molar-refractivity contribution in [1.82, 2.24) is 0 Å². The molecule has 4 nitrogen and oxygen atoms in total. The number of carbonyl (C=O) groups is 1. The first-order chi connectivity index (χ1) is 10.5. The van der Waals surface area contributed by atoms with Crippen LogP contribution in [0.3, 0.4) is 0 Å². The molecule has 5 heteroatoms. The third-order valence-electron chi connectivity index (χ3n) is 3.25. The zero-order valence-corrected chi connectivity index (χ0v) is 13.3. The molecule has 0 fully saturated rings. The van der Waals surface area contributed by atoms with E-state index in [-0.39, 0.29) is 5.56 Å². The number of ether oxygens (including phenoxy) is 1. The van der Waals surface area contributed by atoms with E-state index in [4.69, 9.17) is 21.4 Å². The number of halogens is 1. The van der Waals surface area contributed by atoms with Crippen LogP contribution in [0.25, 0.3) is 0 Å². The Bertz CT molecular complexity index is 686. The molecule has 0 aliphatic carbocycles. The highest BCUT2D eigenvalue weighted by Gasteiger charge is 2.06. The Hall–Kier alpha value is -2.20. The molecule has 0 unspecified atom stereocenters. The number of aromatic carboxylic acids is 1. The van der Waals surface area contributed by atoms with Gasteiger partial charge in [0.2, 0.25) is 0 Å². The van der Waals surface area contributed by atoms with Crippen LogP contribution in [0.15, 0.2) is 36.4 Å². The molecule has 0 aliphatic rings. The molecular weight excluding hydrogens is 302 g/mol. The molecule has 0 aromatic heterocycles. The monoisotopic (exact) mass is 319 g/mol. The standard InChI is InChI=1S/C17H18ClNO3/c1-3-22-16-7-4-12(9-14(16)18)10-19-15-6-5-13(17(20)21)8-11(15)2/h4-9,19H,3,10H2,1-2H3,(H,20,21). The SMILES string of the molecule is CCOc1ccc(CNc2ccc(C(=O)O)cc2C)cc1Cl. The zero-order valence-electron chi connectivity index (χ0n) is 12.5. The van der Waals surface area contributed by atoms with Crippen molar-refractivity contribution in [1.29, 1.82) is 0 Å². The van der Waals surface area contributed by atoms with Crippen LogP contribution in [0.4, 0.5) is 5.69 Å². The Morgan fingerprint density at radius 3 is 2.64 bits per heavy atom. The normalized spacial score (nSPS) is 10.3. The molecule has 2 rings (SSSR count). The summed E-state index contributed by atoms with van der Waals surface area (Å²) in [6.45, 7) is 4.96. The molecule has 116 valence electrons. The van der Waals surface area contributed by atoms with Crippen LogP contribution in [-0.4, -0.2) is 17.7 Å². The fourth-order valence-corrected chi connectivity index (χ4v) is 2.38. The van der Waals surface area contributed by atoms with E-state index in [1.807, 2.05) is 32.0 Å². The minimum atomic E-state index is -0.923. The zero-order chi connectivity index (χ0) is 16.1. The lowest BCUT2D eigenvalue weighted by molar-refractivity contribution is 0.0697. The predicted molar refractivity (Wildman–Crippen MR) is 88.1 cm³/mol. The maximum absolute atomic E-state index is 10.9. The third-order valence-corrected chi connectivity index (χ3v) is 3.55. The van der Waals surface area contributed by atoms with Gasteiger partial charge in [0.25, 0.3) is 0 Å². The van der Waals surface area contributed by atoms with Gasteiger partial charge in [-0.25, -0.2) is 4.79 Å². The topological polar surface area (TPSA) is 58.6 Å². The highest BCUT2D eigenvalue weighted by atomic mass is 35.5. The first kappa shape index (κ1) is 16.2. The molecule has 22 heavy (non-hydrogen) atoms. The molecule has 0 saturated heterocycles. The Labute approximate surface area is 134 Å². The summed E-state index contributed by atoms with van der Waals surface area (Å²) in [4.78, 5) is 10.9. The summed E-state index contributed by atoms with van der Waals surface area (Å²) < 4.78 is 5.40. The van der Waals surface area contributed by atoms with Crippen LogP contribution in [0.1, 0.15) is 28.4 Å². The van der Waals surface area contributed by atoms with Crippen LogP contribution in [-0.2, 0) is 6.54 Å². The number of rotatable bonds is 6. The molecule has 0 atom stereocenters. The molecule has 0 bridgehead atoms. The summed E-state index contributed by atoms with van der Waals surface area (Å²) >= 11 is 6.16. The van der Waals surface area contributed by atoms with Gasteiger partial charge in [0.15, 0.2) is 0 Å². The maximum atomic E-state index is 10.9. The first-order valence-electron chi connectivity index (χ1n) is 7.00. The number of carboxylic acid groups (broad SMARTS) is 1. The molecule has 2 aromatic rings. The molecule has 0 saturated carbocycles. The summed E-state index contributed by atoms with van der Waals surface area (Å²) in [5.74, 6) is -0.247. The van der Waals surface area contributed by atoms with E-state index in [9.17, 15) is 4.79 Å². The third kappa shape index (κ3) is 3.92. The van der Waals surface area contributed by atoms with Crippen molar-refractivity contribution in [3.05, 3.63) is 58.1 Å². The number of nitrogens with one attached hydrogen (secondary N) is 1. The summed E-state index contributed by atoms with van der Waals surface area (Å²) in [6, 6.07) is 10.7. The van der Waals surface area contributed by atoms with E-state index in [1.54, 1.807) is 18.2 Å². The van der Waals surface area contributed by atoms with E-state index in [0.29, 0.717) is 23.9 Å². The number of carboxylic acids is 1. The van der Waals surface area contributed by atoms with Crippen LogP contribution >= 0.6 is 11.6 Å². The molecule has 0 spiro atoms. The minimum absolute atomic E-state index is 0.284. The fourth-order valence-electron chi connectivity index (χ4n) is 2.12. The lowest BCUT2D eigenvalue weighted by atomic mass is 10.1. The maximum Gasteiger partial charge on any atom is 0.335 e. The number of hydrogen-bond acceptors (Lipinski definition) is 3. The lowest BCUT2D eigenvalue weighted by Gasteiger charge is -2.12. The Morgan fingerprint density at radius 1 is 1.27 bits per heavy atom. The summed E-state index contributed by atoms with van der Waals surface area (Å²) in [6.07, 6.45) is 0. The number of benzene rings is 2. The number of anilines is 1. The van der Waals surface area contributed by atoms with E-state index in [2.05, 4.69) is 5.32 Å². The lowest BCUT2D eigenvalue weighted by Crippen LogP contribution is -2.03. The largest absolute Gasteiger partial charge is 0.492 e. The molecule has 2 aromatic carbocycles. The van der Waals surface area contributed by atoms with E-state index in [1.165, 1.54) is 0 Å². The highest BCUT2D eigenvalue weighted by molar-refractivity contribution is 6.32. The van der Waals surface area contributed by atoms with Gasteiger partial charge < -0.3 is 15.2 Å². The van der Waals surface area contributed by atoms with Crippen molar-refractivity contribution < 1.29 is 14.6 Å². The van der Waals surface area contributed by atoms with Gasteiger partial charge in [-0.15, -0.1) is 0 Å². The van der Waals surface area contributed by atoms with Gasteiger partial charge in [-0.2, -0.15) is 0 Å². The van der Waals surface area contributed by atoms with Crippen molar-refractivity contribution >= 4 is 23.3 Å². The molecule has 0 heterocycles. The van der Waals surface area contributed by atoms with E-state index < -0.39 is 5.97 Å². The molecule has 0 radical (unpaired) electrons. The van der Waals surface area contributed by atoms with Crippen molar-refractivity contribution in [2.45, 2.75) is 20.4 Å². The van der Waals surface area contributed by atoms with Gasteiger partial charge in [0, 0.05) is 12.2 Å². The van der Waals surface area contributed by atoms with Crippen LogP contribution < -0.4 is 10.1 Å². The summed E-state index contributed by atoms with van der Waals surface area (Å²) in [5.41, 5.74) is 3.09. The van der Waals surface area contributed by atoms with Crippen LogP contribution in [0.5, 0.6) is 5.75 Å². The minimum Gasteiger partial charge on any atom is -0.492 e. The number of hydrogen-bond donors (Lipinski definition) is 2. The van der Waals surface area contributed by atoms with Gasteiger partial charge in [-0.05, 0) is 55.3 Å². The fraction of sp³-hybridized carbons (Fsp3) is 0.235. The van der Waals surface area contributed by atoms with Crippen molar-refractivity contribution in [2.24, 2.45) is 0 Å². The Morgan fingerprint density at radius 2 is 2.05 bits per heavy atom. The van der Waals surface area contributed by atoms with Crippen molar-refractivity contribution in [3.63, 3.8) is 0 Å². The second kappa shape index (κ2) is 7.18. The average Bonchev–Trinajstić information content (AvgIpc) is 2.48. The van der Waals surface area contributed by atoms with Gasteiger partial charge in [-0.1, -0.05) is 17.7 Å². The predicted octanol–water partition coefficient (Wildman–Crippen LogP) is 4.36. The van der Waals surface area contributed by atoms with Crippen LogP contribution in [0.2, 0.25) is 5.02 Å². The van der Waals surface area contributed by atoms with Crippen molar-refractivity contribution in [2.75, 3.05) is 11.9 Å². The van der Waals surface area contributed by atoms with Crippen molar-refractivity contribution in [3.8, 4) is 5.75 Å². The second-order valence-electron chi connectivity index (χ2n) is 4.89. The smallest absolute Gasteiger partial charge is 0.335 e. The highest BCUT2D eigenvalue weighted by Crippen LogP contribution is 2.26. The molecule has 0 amide bonds. The van der Waals surface area contributed by atoms with Crippen LogP contribution in [0, 0.1) is 6.92 Å². The Kier molecular flexibility index (Phi) is 5.28. The van der Waals surface area contributed by atoms with Gasteiger partial charge in [-0.3, -0.25) is 0 Å². The Balaban J connectivity index is 2.07. The second-order valence-corrected chi connectivity index (χ2v) is 5.29. The van der Waals surface area contributed by atoms with E-state index in [0.717, 1.165) is 16.8 Å². The molecule has 2 N–H and O–H groups in total. The molecule has 0 aliphatic heterocycles. The molecular formula is C17H18ClNO3. The average molecular weight is 320 g/mol. The summed E-state index contributed by atoms with van der Waals surface area (Å²) in [7, 11) is 0.